The van der Waals surface area contributed by atoms with Crippen molar-refractivity contribution in [1.82, 2.24) is 9.78 Å². The summed E-state index contributed by atoms with van der Waals surface area (Å²) in [6.07, 6.45) is 5.89. The van der Waals surface area contributed by atoms with E-state index >= 15 is 0 Å². The summed E-state index contributed by atoms with van der Waals surface area (Å²) in [6.45, 7) is 4.79. The molecule has 1 aromatic heterocycles. The Morgan fingerprint density at radius 1 is 1.45 bits per heavy atom. The fourth-order valence-electron chi connectivity index (χ4n) is 3.61. The Hall–Kier alpha value is -1.16. The molecule has 1 aliphatic carbocycles. The summed E-state index contributed by atoms with van der Waals surface area (Å²) in [7, 11) is 1.94. The van der Waals surface area contributed by atoms with Gasteiger partial charge in [0.2, 0.25) is 0 Å². The predicted octanol–water partition coefficient (Wildman–Crippen LogP) is 2.50. The van der Waals surface area contributed by atoms with Gasteiger partial charge in [0.1, 0.15) is 5.78 Å². The minimum absolute atomic E-state index is 0.0532. The SMILES string of the molecule is Cc1nn(C)c(C)c1CC(=O)C1CCOC2(CCC2)C1. The Balaban J connectivity index is 1.69. The monoisotopic (exact) mass is 276 g/mol. The molecule has 1 atom stereocenters. The lowest BCUT2D eigenvalue weighted by Crippen LogP contribution is -2.47. The highest BCUT2D eigenvalue weighted by Gasteiger charge is 2.44. The maximum Gasteiger partial charge on any atom is 0.140 e. The molecule has 0 aromatic carbocycles. The third kappa shape index (κ3) is 2.30. The Morgan fingerprint density at radius 3 is 2.75 bits per heavy atom. The van der Waals surface area contributed by atoms with Crippen LogP contribution in [0.2, 0.25) is 0 Å². The Bertz CT molecular complexity index is 529. The second-order valence-corrected chi connectivity index (χ2v) is 6.49. The van der Waals surface area contributed by atoms with E-state index in [9.17, 15) is 4.79 Å². The number of aryl methyl sites for hydroxylation is 2. The van der Waals surface area contributed by atoms with Gasteiger partial charge in [-0.3, -0.25) is 9.48 Å². The molecule has 1 saturated heterocycles. The number of hydrogen-bond donors (Lipinski definition) is 0. The Morgan fingerprint density at radius 2 is 2.20 bits per heavy atom. The van der Waals surface area contributed by atoms with E-state index in [1.807, 2.05) is 25.6 Å². The van der Waals surface area contributed by atoms with Gasteiger partial charge in [0, 0.05) is 37.3 Å². The summed E-state index contributed by atoms with van der Waals surface area (Å²) in [5.41, 5.74) is 3.27. The molecule has 0 amide bonds. The second-order valence-electron chi connectivity index (χ2n) is 6.49. The quantitative estimate of drug-likeness (QED) is 0.852. The average molecular weight is 276 g/mol. The zero-order valence-electron chi connectivity index (χ0n) is 12.7. The van der Waals surface area contributed by atoms with Gasteiger partial charge in [-0.1, -0.05) is 0 Å². The van der Waals surface area contributed by atoms with Crippen LogP contribution in [0.15, 0.2) is 0 Å². The van der Waals surface area contributed by atoms with Crippen LogP contribution in [0.5, 0.6) is 0 Å². The van der Waals surface area contributed by atoms with Crippen LogP contribution in [0.3, 0.4) is 0 Å². The molecule has 110 valence electrons. The van der Waals surface area contributed by atoms with E-state index in [-0.39, 0.29) is 11.5 Å². The number of carbonyl (C=O) groups excluding carboxylic acids is 1. The van der Waals surface area contributed by atoms with Crippen LogP contribution in [-0.2, 0) is 23.0 Å². The molecule has 3 rings (SSSR count). The molecule has 0 bridgehead atoms. The van der Waals surface area contributed by atoms with Crippen LogP contribution in [0.25, 0.3) is 0 Å². The van der Waals surface area contributed by atoms with E-state index in [1.54, 1.807) is 0 Å². The minimum atomic E-state index is 0.0532. The van der Waals surface area contributed by atoms with Gasteiger partial charge in [0.15, 0.2) is 0 Å². The first-order valence-corrected chi connectivity index (χ1v) is 7.66. The van der Waals surface area contributed by atoms with Crippen LogP contribution in [0.4, 0.5) is 0 Å². The largest absolute Gasteiger partial charge is 0.375 e. The van der Waals surface area contributed by atoms with Gasteiger partial charge in [-0.05, 0) is 46.0 Å². The normalized spacial score (nSPS) is 24.6. The van der Waals surface area contributed by atoms with Crippen molar-refractivity contribution in [1.29, 1.82) is 0 Å². The minimum Gasteiger partial charge on any atom is -0.375 e. The van der Waals surface area contributed by atoms with Crippen molar-refractivity contribution in [2.75, 3.05) is 6.61 Å². The summed E-state index contributed by atoms with van der Waals surface area (Å²) < 4.78 is 7.79. The number of aromatic nitrogens is 2. The number of hydrogen-bond acceptors (Lipinski definition) is 3. The van der Waals surface area contributed by atoms with E-state index in [1.165, 1.54) is 6.42 Å². The van der Waals surface area contributed by atoms with Gasteiger partial charge in [-0.15, -0.1) is 0 Å². The van der Waals surface area contributed by atoms with E-state index in [0.29, 0.717) is 12.2 Å². The zero-order valence-corrected chi connectivity index (χ0v) is 12.7. The van der Waals surface area contributed by atoms with Crippen LogP contribution in [-0.4, -0.2) is 27.8 Å². The maximum absolute atomic E-state index is 12.6. The van der Waals surface area contributed by atoms with Crippen molar-refractivity contribution in [3.63, 3.8) is 0 Å². The van der Waals surface area contributed by atoms with Crippen molar-refractivity contribution in [3.8, 4) is 0 Å². The van der Waals surface area contributed by atoms with Gasteiger partial charge in [-0.2, -0.15) is 5.10 Å². The summed E-state index contributed by atoms with van der Waals surface area (Å²) in [4.78, 5) is 12.6. The molecule has 1 aliphatic heterocycles. The fourth-order valence-corrected chi connectivity index (χ4v) is 3.61. The smallest absolute Gasteiger partial charge is 0.140 e. The van der Waals surface area contributed by atoms with Gasteiger partial charge in [-0.25, -0.2) is 0 Å². The lowest BCUT2D eigenvalue weighted by atomic mass is 9.70. The molecular formula is C16H24N2O2. The molecular weight excluding hydrogens is 252 g/mol. The number of Topliss-reactive ketones (excluding diaryl/α,β-unsaturated/α-hetero) is 1. The third-order valence-electron chi connectivity index (χ3n) is 5.22. The molecule has 4 heteroatoms. The second kappa shape index (κ2) is 4.99. The highest BCUT2D eigenvalue weighted by molar-refractivity contribution is 5.84. The summed E-state index contributed by atoms with van der Waals surface area (Å²) >= 11 is 0. The molecule has 4 nitrogen and oxygen atoms in total. The van der Waals surface area contributed by atoms with Gasteiger partial charge in [0.25, 0.3) is 0 Å². The van der Waals surface area contributed by atoms with Crippen molar-refractivity contribution in [2.24, 2.45) is 13.0 Å². The van der Waals surface area contributed by atoms with Crippen LogP contribution < -0.4 is 0 Å². The van der Waals surface area contributed by atoms with E-state index in [4.69, 9.17) is 4.74 Å². The average Bonchev–Trinajstić information content (AvgIpc) is 2.64. The lowest BCUT2D eigenvalue weighted by molar-refractivity contribution is -0.155. The molecule has 2 aliphatic rings. The molecule has 0 radical (unpaired) electrons. The van der Waals surface area contributed by atoms with Gasteiger partial charge >= 0.3 is 0 Å². The van der Waals surface area contributed by atoms with E-state index < -0.39 is 0 Å². The van der Waals surface area contributed by atoms with E-state index in [2.05, 4.69) is 5.10 Å². The van der Waals surface area contributed by atoms with Crippen molar-refractivity contribution >= 4 is 5.78 Å². The highest BCUT2D eigenvalue weighted by atomic mass is 16.5. The molecule has 2 heterocycles. The van der Waals surface area contributed by atoms with Crippen molar-refractivity contribution in [2.45, 2.75) is 58.0 Å². The molecule has 1 unspecified atom stereocenters. The van der Waals surface area contributed by atoms with E-state index in [0.717, 1.165) is 49.2 Å². The van der Waals surface area contributed by atoms with Crippen LogP contribution in [0, 0.1) is 19.8 Å². The first-order chi connectivity index (χ1) is 9.51. The zero-order chi connectivity index (χ0) is 14.3. The third-order valence-corrected chi connectivity index (χ3v) is 5.22. The number of ketones is 1. The Kier molecular flexibility index (Phi) is 3.44. The Labute approximate surface area is 120 Å². The van der Waals surface area contributed by atoms with Gasteiger partial charge < -0.3 is 4.74 Å². The lowest BCUT2D eigenvalue weighted by Gasteiger charge is -2.46. The number of carbonyl (C=O) groups is 1. The standard InChI is InChI=1S/C16H24N2O2/c1-11-14(12(2)18(3)17-11)9-15(19)13-5-8-20-16(10-13)6-4-7-16/h13H,4-10H2,1-3H3. The number of ether oxygens (including phenoxy) is 1. The van der Waals surface area contributed by atoms with Crippen molar-refractivity contribution < 1.29 is 9.53 Å². The van der Waals surface area contributed by atoms with Crippen LogP contribution in [0.1, 0.15) is 49.1 Å². The molecule has 2 fully saturated rings. The number of rotatable bonds is 3. The molecule has 1 spiro atoms. The maximum atomic E-state index is 12.6. The predicted molar refractivity (Wildman–Crippen MR) is 76.7 cm³/mol. The van der Waals surface area contributed by atoms with Crippen molar-refractivity contribution in [3.05, 3.63) is 17.0 Å². The molecule has 20 heavy (non-hydrogen) atoms. The first-order valence-electron chi connectivity index (χ1n) is 7.66. The molecule has 0 N–H and O–H groups in total. The number of nitrogens with zero attached hydrogens (tertiary/aromatic N) is 2. The van der Waals surface area contributed by atoms with Crippen LogP contribution >= 0.6 is 0 Å². The summed E-state index contributed by atoms with van der Waals surface area (Å²) in [5, 5.41) is 4.40. The summed E-state index contributed by atoms with van der Waals surface area (Å²) in [6, 6.07) is 0. The molecule has 1 saturated carbocycles. The topological polar surface area (TPSA) is 44.1 Å². The fraction of sp³-hybridized carbons (Fsp3) is 0.750. The highest BCUT2D eigenvalue weighted by Crippen LogP contribution is 2.44. The first kappa shape index (κ1) is 13.8. The van der Waals surface area contributed by atoms with Gasteiger partial charge in [0.05, 0.1) is 11.3 Å². The summed E-state index contributed by atoms with van der Waals surface area (Å²) in [5.74, 6) is 0.557. The molecule has 1 aromatic rings.